The van der Waals surface area contributed by atoms with Gasteiger partial charge in [-0.3, -0.25) is 0 Å². The number of hydrogen-bond acceptors (Lipinski definition) is 2. The van der Waals surface area contributed by atoms with Gasteiger partial charge in [0.05, 0.1) is 6.10 Å². The fourth-order valence-corrected chi connectivity index (χ4v) is 3.04. The van der Waals surface area contributed by atoms with E-state index < -0.39 is 0 Å². The lowest BCUT2D eigenvalue weighted by Gasteiger charge is -2.27. The van der Waals surface area contributed by atoms with Crippen LogP contribution in [0.25, 0.3) is 0 Å². The van der Waals surface area contributed by atoms with Crippen molar-refractivity contribution >= 4 is 0 Å². The molecule has 2 heteroatoms. The van der Waals surface area contributed by atoms with Gasteiger partial charge in [-0.15, -0.1) is 0 Å². The van der Waals surface area contributed by atoms with Crippen LogP contribution in [-0.4, -0.2) is 25.3 Å². The summed E-state index contributed by atoms with van der Waals surface area (Å²) in [6.45, 7) is 8.94. The zero-order valence-corrected chi connectivity index (χ0v) is 12.7. The normalized spacial score (nSPS) is 22.3. The van der Waals surface area contributed by atoms with Crippen LogP contribution in [0.3, 0.4) is 0 Å². The lowest BCUT2D eigenvalue weighted by atomic mass is 9.91. The van der Waals surface area contributed by atoms with E-state index in [1.54, 1.807) is 0 Å². The van der Waals surface area contributed by atoms with Crippen LogP contribution in [0.1, 0.15) is 72.1 Å². The van der Waals surface area contributed by atoms with Crippen molar-refractivity contribution in [3.8, 4) is 0 Å². The van der Waals surface area contributed by atoms with Crippen molar-refractivity contribution in [2.75, 3.05) is 13.2 Å². The molecule has 0 aromatic heterocycles. The first-order valence-corrected chi connectivity index (χ1v) is 8.15. The van der Waals surface area contributed by atoms with E-state index in [0.29, 0.717) is 12.1 Å². The first-order valence-electron chi connectivity index (χ1n) is 8.15. The number of ether oxygens (including phenoxy) is 1. The Hall–Kier alpha value is -0.0800. The molecule has 1 N–H and O–H groups in total. The minimum Gasteiger partial charge on any atom is -0.378 e. The second kappa shape index (κ2) is 9.80. The van der Waals surface area contributed by atoms with Crippen LogP contribution < -0.4 is 5.32 Å². The lowest BCUT2D eigenvalue weighted by molar-refractivity contribution is 0.00817. The molecule has 1 fully saturated rings. The molecule has 0 bridgehead atoms. The van der Waals surface area contributed by atoms with Crippen LogP contribution in [0.4, 0.5) is 0 Å². The van der Waals surface area contributed by atoms with Crippen LogP contribution in [0.5, 0.6) is 0 Å². The molecule has 0 amide bonds. The Kier molecular flexibility index (Phi) is 8.70. The van der Waals surface area contributed by atoms with Gasteiger partial charge < -0.3 is 10.1 Å². The predicted molar refractivity (Wildman–Crippen MR) is 79.0 cm³/mol. The highest BCUT2D eigenvalue weighted by Gasteiger charge is 2.18. The van der Waals surface area contributed by atoms with Crippen LogP contribution in [0.2, 0.25) is 0 Å². The summed E-state index contributed by atoms with van der Waals surface area (Å²) in [5, 5.41) is 3.67. The Labute approximate surface area is 114 Å². The molecule has 1 aliphatic rings. The van der Waals surface area contributed by atoms with Gasteiger partial charge in [0.2, 0.25) is 0 Å². The van der Waals surface area contributed by atoms with Gasteiger partial charge in [-0.2, -0.15) is 0 Å². The maximum atomic E-state index is 5.84. The van der Waals surface area contributed by atoms with Crippen molar-refractivity contribution in [1.82, 2.24) is 5.32 Å². The quantitative estimate of drug-likeness (QED) is 0.668. The van der Waals surface area contributed by atoms with E-state index in [1.165, 1.54) is 51.4 Å². The molecule has 0 spiro atoms. The molecule has 0 aliphatic carbocycles. The van der Waals surface area contributed by atoms with Crippen LogP contribution >= 0.6 is 0 Å². The zero-order chi connectivity index (χ0) is 13.2. The van der Waals surface area contributed by atoms with Crippen molar-refractivity contribution in [2.45, 2.75) is 84.3 Å². The Balaban J connectivity index is 2.27. The number of nitrogens with one attached hydrogen (secondary N) is 1. The fraction of sp³-hybridized carbons (Fsp3) is 1.00. The van der Waals surface area contributed by atoms with Crippen molar-refractivity contribution in [3.63, 3.8) is 0 Å². The van der Waals surface area contributed by atoms with Gasteiger partial charge in [0, 0.05) is 12.6 Å². The van der Waals surface area contributed by atoms with E-state index in [1.807, 2.05) is 0 Å². The predicted octanol–water partition coefficient (Wildman–Crippen LogP) is 4.14. The van der Waals surface area contributed by atoms with Gasteiger partial charge in [-0.25, -0.2) is 0 Å². The van der Waals surface area contributed by atoms with Gasteiger partial charge in [-0.05, 0) is 51.0 Å². The molecule has 18 heavy (non-hydrogen) atoms. The highest BCUT2D eigenvalue weighted by Crippen LogP contribution is 2.21. The van der Waals surface area contributed by atoms with Gasteiger partial charge in [-0.1, -0.05) is 33.6 Å². The molecular weight excluding hydrogens is 222 g/mol. The molecule has 1 rings (SSSR count). The summed E-state index contributed by atoms with van der Waals surface area (Å²) in [5.41, 5.74) is 0. The lowest BCUT2D eigenvalue weighted by Crippen LogP contribution is -2.32. The summed E-state index contributed by atoms with van der Waals surface area (Å²) in [6, 6.07) is 0.699. The first-order chi connectivity index (χ1) is 8.80. The average molecular weight is 255 g/mol. The summed E-state index contributed by atoms with van der Waals surface area (Å²) >= 11 is 0. The van der Waals surface area contributed by atoms with Gasteiger partial charge in [0.15, 0.2) is 0 Å². The Bertz CT molecular complexity index is 186. The van der Waals surface area contributed by atoms with Crippen molar-refractivity contribution in [3.05, 3.63) is 0 Å². The van der Waals surface area contributed by atoms with Gasteiger partial charge >= 0.3 is 0 Å². The second-order valence-electron chi connectivity index (χ2n) is 5.74. The molecule has 0 radical (unpaired) electrons. The first kappa shape index (κ1) is 16.0. The standard InChI is InChI=1S/C16H33NO/c1-4-14(5-2)13-15(17-6-3)10-11-16-9-7-8-12-18-16/h14-17H,4-13H2,1-3H3. The fourth-order valence-electron chi connectivity index (χ4n) is 3.04. The van der Waals surface area contributed by atoms with Crippen LogP contribution in [0.15, 0.2) is 0 Å². The molecular formula is C16H33NO. The van der Waals surface area contributed by atoms with Gasteiger partial charge in [0.1, 0.15) is 0 Å². The largest absolute Gasteiger partial charge is 0.378 e. The summed E-state index contributed by atoms with van der Waals surface area (Å²) < 4.78 is 5.84. The Morgan fingerprint density at radius 2 is 1.94 bits per heavy atom. The third-order valence-corrected chi connectivity index (χ3v) is 4.38. The zero-order valence-electron chi connectivity index (χ0n) is 12.7. The summed E-state index contributed by atoms with van der Waals surface area (Å²) in [6.07, 6.45) is 11.0. The molecule has 2 atom stereocenters. The van der Waals surface area contributed by atoms with E-state index in [0.717, 1.165) is 19.1 Å². The SMILES string of the molecule is CCNC(CCC1CCCCO1)CC(CC)CC. The maximum Gasteiger partial charge on any atom is 0.0575 e. The van der Waals surface area contributed by atoms with Crippen molar-refractivity contribution < 1.29 is 4.74 Å². The van der Waals surface area contributed by atoms with Crippen LogP contribution in [-0.2, 0) is 4.74 Å². The molecule has 1 saturated heterocycles. The molecule has 2 unspecified atom stereocenters. The summed E-state index contributed by atoms with van der Waals surface area (Å²) in [7, 11) is 0. The van der Waals surface area contributed by atoms with E-state index >= 15 is 0 Å². The second-order valence-corrected chi connectivity index (χ2v) is 5.74. The van der Waals surface area contributed by atoms with Crippen molar-refractivity contribution in [2.24, 2.45) is 5.92 Å². The van der Waals surface area contributed by atoms with Crippen molar-refractivity contribution in [1.29, 1.82) is 0 Å². The summed E-state index contributed by atoms with van der Waals surface area (Å²) in [5.74, 6) is 0.890. The molecule has 2 nitrogen and oxygen atoms in total. The van der Waals surface area contributed by atoms with Gasteiger partial charge in [0.25, 0.3) is 0 Å². The smallest absolute Gasteiger partial charge is 0.0575 e. The minimum absolute atomic E-state index is 0.543. The topological polar surface area (TPSA) is 21.3 Å². The Morgan fingerprint density at radius 3 is 2.50 bits per heavy atom. The van der Waals surface area contributed by atoms with E-state index in [4.69, 9.17) is 4.74 Å². The average Bonchev–Trinajstić information content (AvgIpc) is 2.43. The number of hydrogen-bond donors (Lipinski definition) is 1. The molecule has 1 heterocycles. The van der Waals surface area contributed by atoms with E-state index in [9.17, 15) is 0 Å². The monoisotopic (exact) mass is 255 g/mol. The third-order valence-electron chi connectivity index (χ3n) is 4.38. The molecule has 1 aliphatic heterocycles. The third kappa shape index (κ3) is 6.19. The molecule has 0 aromatic carbocycles. The maximum absolute atomic E-state index is 5.84. The molecule has 0 aromatic rings. The summed E-state index contributed by atoms with van der Waals surface area (Å²) in [4.78, 5) is 0. The van der Waals surface area contributed by atoms with Crippen LogP contribution in [0, 0.1) is 5.92 Å². The highest BCUT2D eigenvalue weighted by atomic mass is 16.5. The van der Waals surface area contributed by atoms with E-state index in [-0.39, 0.29) is 0 Å². The Morgan fingerprint density at radius 1 is 1.17 bits per heavy atom. The van der Waals surface area contributed by atoms with E-state index in [2.05, 4.69) is 26.1 Å². The highest BCUT2D eigenvalue weighted by molar-refractivity contribution is 4.74. The minimum atomic E-state index is 0.543. The molecule has 108 valence electrons. The molecule has 0 saturated carbocycles. The number of rotatable bonds is 9.